The van der Waals surface area contributed by atoms with Crippen LogP contribution in [0, 0.1) is 5.82 Å². The van der Waals surface area contributed by atoms with Crippen LogP contribution in [0.1, 0.15) is 19.4 Å². The Labute approximate surface area is 201 Å². The zero-order chi connectivity index (χ0) is 24.9. The third-order valence-corrected chi connectivity index (χ3v) is 5.84. The first-order valence-electron chi connectivity index (χ1n) is 11.5. The van der Waals surface area contributed by atoms with Gasteiger partial charge >= 0.3 is 5.69 Å². The van der Waals surface area contributed by atoms with Crippen molar-refractivity contribution in [2.75, 3.05) is 26.2 Å². The Balaban J connectivity index is 1.68. The summed E-state index contributed by atoms with van der Waals surface area (Å²) in [5, 5.41) is 8.35. The maximum absolute atomic E-state index is 13.7. The van der Waals surface area contributed by atoms with E-state index in [0.29, 0.717) is 23.5 Å². The van der Waals surface area contributed by atoms with Crippen molar-refractivity contribution in [3.05, 3.63) is 80.7 Å². The van der Waals surface area contributed by atoms with E-state index >= 15 is 0 Å². The summed E-state index contributed by atoms with van der Waals surface area (Å²) in [5.41, 5.74) is 0.0544. The van der Waals surface area contributed by atoms with Crippen molar-refractivity contribution in [2.45, 2.75) is 20.4 Å². The van der Waals surface area contributed by atoms with Gasteiger partial charge in [-0.1, -0.05) is 38.1 Å². The highest BCUT2D eigenvalue weighted by Gasteiger charge is 2.16. The Morgan fingerprint density at radius 3 is 2.54 bits per heavy atom. The molecule has 0 saturated heterocycles. The number of hydrogen-bond donors (Lipinski definition) is 0. The number of fused-ring (bicyclic) bond motifs is 1. The average Bonchev–Trinajstić information content (AvgIpc) is 2.88. The first kappa shape index (κ1) is 24.2. The summed E-state index contributed by atoms with van der Waals surface area (Å²) in [4.78, 5) is 32.4. The van der Waals surface area contributed by atoms with Crippen LogP contribution in [-0.2, 0) is 13.6 Å². The van der Waals surface area contributed by atoms with Crippen molar-refractivity contribution < 1.29 is 9.13 Å². The SMILES string of the molecule is CCN(CC)CCOc1cccc(-c2nnc3c(n2)c(=O)n(C)c(=O)n3Cc2cccc(F)c2)c1. The Kier molecular flexibility index (Phi) is 7.31. The second-order valence-electron chi connectivity index (χ2n) is 8.07. The lowest BCUT2D eigenvalue weighted by Crippen LogP contribution is -2.39. The van der Waals surface area contributed by atoms with Crippen molar-refractivity contribution in [1.29, 1.82) is 0 Å². The lowest BCUT2D eigenvalue weighted by Gasteiger charge is -2.18. The fourth-order valence-corrected chi connectivity index (χ4v) is 3.80. The van der Waals surface area contributed by atoms with E-state index in [-0.39, 0.29) is 23.5 Å². The summed E-state index contributed by atoms with van der Waals surface area (Å²) in [5.74, 6) is 0.470. The number of nitrogens with zero attached hydrogens (tertiary/aromatic N) is 6. The van der Waals surface area contributed by atoms with Gasteiger partial charge in [-0.3, -0.25) is 13.9 Å². The summed E-state index contributed by atoms with van der Waals surface area (Å²) >= 11 is 0. The first-order chi connectivity index (χ1) is 16.9. The van der Waals surface area contributed by atoms with Crippen LogP contribution in [-0.4, -0.2) is 55.5 Å². The highest BCUT2D eigenvalue weighted by molar-refractivity contribution is 5.71. The summed E-state index contributed by atoms with van der Waals surface area (Å²) < 4.78 is 21.8. The van der Waals surface area contributed by atoms with Gasteiger partial charge in [-0.2, -0.15) is 0 Å². The maximum Gasteiger partial charge on any atom is 0.332 e. The molecule has 0 N–H and O–H groups in total. The number of hydrogen-bond acceptors (Lipinski definition) is 7. The van der Waals surface area contributed by atoms with Crippen LogP contribution in [0.25, 0.3) is 22.6 Å². The molecule has 0 aliphatic carbocycles. The van der Waals surface area contributed by atoms with Gasteiger partial charge in [-0.05, 0) is 42.9 Å². The molecular weight excluding hydrogens is 451 g/mol. The van der Waals surface area contributed by atoms with Crippen LogP contribution >= 0.6 is 0 Å². The van der Waals surface area contributed by atoms with Gasteiger partial charge in [0.15, 0.2) is 17.0 Å². The largest absolute Gasteiger partial charge is 0.492 e. The summed E-state index contributed by atoms with van der Waals surface area (Å²) in [6.07, 6.45) is 0. The molecule has 0 saturated carbocycles. The second-order valence-corrected chi connectivity index (χ2v) is 8.07. The van der Waals surface area contributed by atoms with Gasteiger partial charge in [0.25, 0.3) is 5.56 Å². The molecule has 0 radical (unpaired) electrons. The number of ether oxygens (including phenoxy) is 1. The van der Waals surface area contributed by atoms with Crippen LogP contribution < -0.4 is 16.0 Å². The number of aromatic nitrogens is 5. The zero-order valence-electron chi connectivity index (χ0n) is 19.9. The van der Waals surface area contributed by atoms with Crippen LogP contribution in [0.4, 0.5) is 4.39 Å². The molecule has 0 atom stereocenters. The third kappa shape index (κ3) is 5.27. The molecule has 4 rings (SSSR count). The van der Waals surface area contributed by atoms with Crippen molar-refractivity contribution in [1.82, 2.24) is 29.2 Å². The molecule has 2 aromatic carbocycles. The van der Waals surface area contributed by atoms with Gasteiger partial charge in [0.1, 0.15) is 18.2 Å². The van der Waals surface area contributed by atoms with Crippen LogP contribution in [0.3, 0.4) is 0 Å². The van der Waals surface area contributed by atoms with Gasteiger partial charge in [0.05, 0.1) is 6.54 Å². The van der Waals surface area contributed by atoms with Gasteiger partial charge in [-0.25, -0.2) is 14.2 Å². The van der Waals surface area contributed by atoms with Gasteiger partial charge in [0, 0.05) is 19.2 Å². The second kappa shape index (κ2) is 10.6. The quantitative estimate of drug-likeness (QED) is 0.365. The van der Waals surface area contributed by atoms with Crippen molar-refractivity contribution in [3.63, 3.8) is 0 Å². The van der Waals surface area contributed by atoms with Gasteiger partial charge in [-0.15, -0.1) is 10.2 Å². The Hall–Kier alpha value is -3.92. The Morgan fingerprint density at radius 1 is 1.03 bits per heavy atom. The molecule has 4 aromatic rings. The first-order valence-corrected chi connectivity index (χ1v) is 11.5. The van der Waals surface area contributed by atoms with E-state index in [2.05, 4.69) is 33.9 Å². The molecule has 0 spiro atoms. The highest BCUT2D eigenvalue weighted by Crippen LogP contribution is 2.21. The molecule has 9 nitrogen and oxygen atoms in total. The van der Waals surface area contributed by atoms with E-state index in [9.17, 15) is 14.0 Å². The standard InChI is InChI=1S/C25H27FN6O3/c1-4-31(5-2)12-13-35-20-11-7-9-18(15-20)22-27-21-23(29-28-22)32(25(34)30(3)24(21)33)16-17-8-6-10-19(26)14-17/h6-11,14-15H,4-5,12-13,16H2,1-3H3. The third-order valence-electron chi connectivity index (χ3n) is 5.84. The minimum atomic E-state index is -0.584. The van der Waals surface area contributed by atoms with E-state index < -0.39 is 17.1 Å². The molecule has 0 bridgehead atoms. The van der Waals surface area contributed by atoms with Crippen LogP contribution in [0.5, 0.6) is 5.75 Å². The van der Waals surface area contributed by atoms with E-state index in [1.54, 1.807) is 24.3 Å². The molecule has 0 unspecified atom stereocenters. The van der Waals surface area contributed by atoms with Crippen molar-refractivity contribution >= 4 is 11.2 Å². The molecule has 0 aliphatic rings. The lowest BCUT2D eigenvalue weighted by molar-refractivity contribution is 0.223. The Bertz CT molecular complexity index is 1460. The van der Waals surface area contributed by atoms with E-state index in [4.69, 9.17) is 4.74 Å². The van der Waals surface area contributed by atoms with Crippen LogP contribution in [0.2, 0.25) is 0 Å². The minimum Gasteiger partial charge on any atom is -0.492 e. The van der Waals surface area contributed by atoms with Gasteiger partial charge in [0.2, 0.25) is 0 Å². The predicted molar refractivity (Wildman–Crippen MR) is 131 cm³/mol. The van der Waals surface area contributed by atoms with Crippen LogP contribution in [0.15, 0.2) is 58.1 Å². The fraction of sp³-hybridized carbons (Fsp3) is 0.320. The summed E-state index contributed by atoms with van der Waals surface area (Å²) in [6, 6.07) is 13.1. The molecule has 0 amide bonds. The van der Waals surface area contributed by atoms with Crippen molar-refractivity contribution in [2.24, 2.45) is 7.05 Å². The molecule has 0 aliphatic heterocycles. The molecule has 10 heteroatoms. The lowest BCUT2D eigenvalue weighted by atomic mass is 10.2. The number of likely N-dealkylation sites (N-methyl/N-ethyl adjacent to an activating group) is 1. The zero-order valence-corrected chi connectivity index (χ0v) is 19.9. The molecule has 35 heavy (non-hydrogen) atoms. The molecule has 182 valence electrons. The fourth-order valence-electron chi connectivity index (χ4n) is 3.80. The Morgan fingerprint density at radius 2 is 1.80 bits per heavy atom. The van der Waals surface area contributed by atoms with Gasteiger partial charge < -0.3 is 9.64 Å². The molecule has 2 heterocycles. The number of rotatable bonds is 9. The highest BCUT2D eigenvalue weighted by atomic mass is 19.1. The minimum absolute atomic E-state index is 0.00126. The van der Waals surface area contributed by atoms with E-state index in [1.165, 1.54) is 23.7 Å². The molecule has 0 fully saturated rings. The summed E-state index contributed by atoms with van der Waals surface area (Å²) in [7, 11) is 1.37. The number of halogens is 1. The van der Waals surface area contributed by atoms with E-state index in [1.807, 2.05) is 12.1 Å². The van der Waals surface area contributed by atoms with Crippen molar-refractivity contribution in [3.8, 4) is 17.1 Å². The number of benzene rings is 2. The topological polar surface area (TPSA) is 95.1 Å². The normalized spacial score (nSPS) is 11.3. The summed E-state index contributed by atoms with van der Waals surface area (Å²) in [6.45, 7) is 7.49. The molecular formula is C25H27FN6O3. The predicted octanol–water partition coefficient (Wildman–Crippen LogP) is 2.46. The van der Waals surface area contributed by atoms with E-state index in [0.717, 1.165) is 24.2 Å². The average molecular weight is 479 g/mol. The monoisotopic (exact) mass is 478 g/mol. The molecule has 2 aromatic heterocycles. The maximum atomic E-state index is 13.7. The smallest absolute Gasteiger partial charge is 0.332 e.